The van der Waals surface area contributed by atoms with Gasteiger partial charge in [0.2, 0.25) is 0 Å². The van der Waals surface area contributed by atoms with Crippen molar-refractivity contribution in [2.45, 2.75) is 6.54 Å². The number of aromatic nitrogens is 2. The molecule has 0 fully saturated rings. The Balaban J connectivity index is 1.60. The summed E-state index contributed by atoms with van der Waals surface area (Å²) < 4.78 is 40.8. The van der Waals surface area contributed by atoms with Crippen LogP contribution < -0.4 is 10.6 Å². The average Bonchev–Trinajstić information content (AvgIpc) is 2.99. The van der Waals surface area contributed by atoms with E-state index >= 15 is 0 Å². The van der Waals surface area contributed by atoms with E-state index in [1.807, 2.05) is 0 Å². The van der Waals surface area contributed by atoms with Crippen molar-refractivity contribution in [3.8, 4) is 0 Å². The number of carbonyl (C=O) groups is 1. The molecular formula is C17H13F3N4O. The van der Waals surface area contributed by atoms with Crippen LogP contribution in [0.3, 0.4) is 0 Å². The van der Waals surface area contributed by atoms with Gasteiger partial charge < -0.3 is 10.6 Å². The van der Waals surface area contributed by atoms with Crippen molar-refractivity contribution < 1.29 is 18.0 Å². The molecule has 1 aromatic heterocycles. The van der Waals surface area contributed by atoms with Crippen molar-refractivity contribution in [2.24, 2.45) is 0 Å². The molecule has 2 N–H and O–H groups in total. The number of nitrogens with zero attached hydrogens (tertiary/aromatic N) is 2. The molecule has 2 amide bonds. The average molecular weight is 346 g/mol. The summed E-state index contributed by atoms with van der Waals surface area (Å²) >= 11 is 0. The predicted octanol–water partition coefficient (Wildman–Crippen LogP) is 3.99. The van der Waals surface area contributed by atoms with Crippen LogP contribution in [0.2, 0.25) is 0 Å². The lowest BCUT2D eigenvalue weighted by atomic mass is 10.2. The molecule has 128 valence electrons. The van der Waals surface area contributed by atoms with Crippen LogP contribution in [-0.2, 0) is 6.54 Å². The van der Waals surface area contributed by atoms with Crippen molar-refractivity contribution in [1.29, 1.82) is 0 Å². The van der Waals surface area contributed by atoms with E-state index in [9.17, 15) is 18.0 Å². The van der Waals surface area contributed by atoms with Gasteiger partial charge in [-0.1, -0.05) is 12.1 Å². The van der Waals surface area contributed by atoms with Crippen LogP contribution in [0.15, 0.2) is 54.9 Å². The first-order chi connectivity index (χ1) is 12.0. The van der Waals surface area contributed by atoms with Gasteiger partial charge in [-0.25, -0.2) is 18.0 Å². The van der Waals surface area contributed by atoms with E-state index in [0.717, 1.165) is 17.7 Å². The smallest absolute Gasteiger partial charge is 0.305 e. The van der Waals surface area contributed by atoms with Crippen LogP contribution in [0.25, 0.3) is 0 Å². The second-order valence-electron chi connectivity index (χ2n) is 5.26. The van der Waals surface area contributed by atoms with Crippen LogP contribution in [-0.4, -0.2) is 15.8 Å². The van der Waals surface area contributed by atoms with Gasteiger partial charge in [-0.05, 0) is 29.8 Å². The lowest BCUT2D eigenvalue weighted by molar-refractivity contribution is 0.262. The Morgan fingerprint density at radius 3 is 2.44 bits per heavy atom. The number of rotatable bonds is 4. The first-order valence-electron chi connectivity index (χ1n) is 7.29. The minimum absolute atomic E-state index is 0.141. The molecule has 3 rings (SSSR count). The van der Waals surface area contributed by atoms with Crippen molar-refractivity contribution in [3.63, 3.8) is 0 Å². The quantitative estimate of drug-likeness (QED) is 0.750. The number of halogens is 3. The van der Waals surface area contributed by atoms with Gasteiger partial charge in [-0.3, -0.25) is 4.68 Å². The molecule has 0 radical (unpaired) electrons. The maximum atomic E-state index is 13.5. The number of nitrogens with one attached hydrogen (secondary N) is 2. The molecule has 0 unspecified atom stereocenters. The SMILES string of the molecule is O=C(Nc1cnn(Cc2ccc(F)cc2)c1)Nc1ccc(F)cc1F. The first-order valence-corrected chi connectivity index (χ1v) is 7.29. The summed E-state index contributed by atoms with van der Waals surface area (Å²) in [5, 5.41) is 8.85. The Bertz CT molecular complexity index is 893. The van der Waals surface area contributed by atoms with Crippen LogP contribution in [0.1, 0.15) is 5.56 Å². The highest BCUT2D eigenvalue weighted by molar-refractivity contribution is 5.99. The summed E-state index contributed by atoms with van der Waals surface area (Å²) in [5.74, 6) is -1.93. The molecule has 0 aliphatic carbocycles. The second kappa shape index (κ2) is 7.08. The molecule has 0 atom stereocenters. The molecule has 3 aromatic rings. The number of amides is 2. The van der Waals surface area contributed by atoms with Gasteiger partial charge in [0, 0.05) is 12.3 Å². The normalized spacial score (nSPS) is 10.5. The molecule has 5 nitrogen and oxygen atoms in total. The largest absolute Gasteiger partial charge is 0.323 e. The summed E-state index contributed by atoms with van der Waals surface area (Å²) in [4.78, 5) is 11.9. The lowest BCUT2D eigenvalue weighted by Crippen LogP contribution is -2.19. The van der Waals surface area contributed by atoms with Gasteiger partial charge in [0.05, 0.1) is 24.1 Å². The minimum atomic E-state index is -0.873. The van der Waals surface area contributed by atoms with Crippen molar-refractivity contribution >= 4 is 17.4 Å². The number of hydrogen-bond acceptors (Lipinski definition) is 2. The maximum Gasteiger partial charge on any atom is 0.323 e. The topological polar surface area (TPSA) is 59.0 Å². The molecule has 25 heavy (non-hydrogen) atoms. The molecule has 2 aromatic carbocycles. The van der Waals surface area contributed by atoms with E-state index in [2.05, 4.69) is 15.7 Å². The molecule has 0 aliphatic heterocycles. The standard InChI is InChI=1S/C17H13F3N4O/c18-12-3-1-11(2-4-12)9-24-10-14(8-21-24)22-17(25)23-16-6-5-13(19)7-15(16)20/h1-8,10H,9H2,(H2,22,23,25). The monoisotopic (exact) mass is 346 g/mol. The lowest BCUT2D eigenvalue weighted by Gasteiger charge is -2.07. The first kappa shape index (κ1) is 16.6. The zero-order valence-electron chi connectivity index (χ0n) is 12.8. The van der Waals surface area contributed by atoms with Crippen LogP contribution in [0.5, 0.6) is 0 Å². The Hall–Kier alpha value is -3.29. The van der Waals surface area contributed by atoms with Crippen molar-refractivity contribution in [1.82, 2.24) is 9.78 Å². The van der Waals surface area contributed by atoms with E-state index < -0.39 is 17.7 Å². The maximum absolute atomic E-state index is 13.5. The van der Waals surface area contributed by atoms with Gasteiger partial charge in [0.25, 0.3) is 0 Å². The third kappa shape index (κ3) is 4.37. The Labute approximate surface area is 141 Å². The number of anilines is 2. The molecule has 0 saturated carbocycles. The Morgan fingerprint density at radius 1 is 1.00 bits per heavy atom. The number of hydrogen-bond donors (Lipinski definition) is 2. The summed E-state index contributed by atoms with van der Waals surface area (Å²) in [6, 6.07) is 8.12. The van der Waals surface area contributed by atoms with Gasteiger partial charge in [0.1, 0.15) is 17.5 Å². The number of urea groups is 1. The molecule has 8 heteroatoms. The zero-order chi connectivity index (χ0) is 17.8. The zero-order valence-corrected chi connectivity index (χ0v) is 12.8. The molecule has 1 heterocycles. The highest BCUT2D eigenvalue weighted by Crippen LogP contribution is 2.15. The fourth-order valence-electron chi connectivity index (χ4n) is 2.17. The summed E-state index contributed by atoms with van der Waals surface area (Å²) in [6.07, 6.45) is 2.99. The summed E-state index contributed by atoms with van der Waals surface area (Å²) in [7, 11) is 0. The van der Waals surface area contributed by atoms with Crippen LogP contribution in [0, 0.1) is 17.5 Å². The van der Waals surface area contributed by atoms with E-state index in [0.29, 0.717) is 18.3 Å². The summed E-state index contributed by atoms with van der Waals surface area (Å²) in [5.41, 5.74) is 1.09. The third-order valence-corrected chi connectivity index (χ3v) is 3.33. The fourth-order valence-corrected chi connectivity index (χ4v) is 2.17. The Morgan fingerprint density at radius 2 is 1.72 bits per heavy atom. The van der Waals surface area contributed by atoms with Crippen LogP contribution >= 0.6 is 0 Å². The molecule has 0 saturated heterocycles. The highest BCUT2D eigenvalue weighted by atomic mass is 19.1. The molecule has 0 spiro atoms. The Kier molecular flexibility index (Phi) is 4.69. The van der Waals surface area contributed by atoms with Gasteiger partial charge in [-0.15, -0.1) is 0 Å². The van der Waals surface area contributed by atoms with Gasteiger partial charge in [-0.2, -0.15) is 5.10 Å². The van der Waals surface area contributed by atoms with Crippen molar-refractivity contribution in [3.05, 3.63) is 77.9 Å². The fraction of sp³-hybridized carbons (Fsp3) is 0.0588. The second-order valence-corrected chi connectivity index (χ2v) is 5.26. The van der Waals surface area contributed by atoms with E-state index in [4.69, 9.17) is 0 Å². The number of carbonyl (C=O) groups excluding carboxylic acids is 1. The third-order valence-electron chi connectivity index (χ3n) is 3.33. The van der Waals surface area contributed by atoms with Crippen molar-refractivity contribution in [2.75, 3.05) is 10.6 Å². The predicted molar refractivity (Wildman–Crippen MR) is 86.7 cm³/mol. The van der Waals surface area contributed by atoms with Gasteiger partial charge >= 0.3 is 6.03 Å². The molecular weight excluding hydrogens is 333 g/mol. The molecule has 0 bridgehead atoms. The molecule has 0 aliphatic rings. The van der Waals surface area contributed by atoms with E-state index in [-0.39, 0.29) is 11.5 Å². The van der Waals surface area contributed by atoms with Gasteiger partial charge in [0.15, 0.2) is 0 Å². The van der Waals surface area contributed by atoms with Crippen LogP contribution in [0.4, 0.5) is 29.3 Å². The summed E-state index contributed by atoms with van der Waals surface area (Å²) in [6.45, 7) is 0.399. The highest BCUT2D eigenvalue weighted by Gasteiger charge is 2.09. The number of benzene rings is 2. The van der Waals surface area contributed by atoms with E-state index in [1.54, 1.807) is 23.0 Å². The minimum Gasteiger partial charge on any atom is -0.305 e. The van der Waals surface area contributed by atoms with E-state index in [1.165, 1.54) is 18.3 Å².